The molecule has 0 aromatic carbocycles. The Kier molecular flexibility index (Phi) is 15.9. The van der Waals surface area contributed by atoms with Crippen molar-refractivity contribution in [1.29, 1.82) is 0 Å². The monoisotopic (exact) mass is 464 g/mol. The zero-order valence-electron chi connectivity index (χ0n) is 20.3. The molecule has 0 spiro atoms. The molecule has 0 heterocycles. The SMILES string of the molecule is CCOCCO[C@@H](C[C@@H](C)OC(C)=O)C[C@H](OC(C)=O)[C@H](C)[C@H](OCOC)[C@H](C)C(=O)O. The van der Waals surface area contributed by atoms with Crippen molar-refractivity contribution in [3.63, 3.8) is 0 Å². The van der Waals surface area contributed by atoms with Gasteiger partial charge in [-0.2, -0.15) is 0 Å². The van der Waals surface area contributed by atoms with Gasteiger partial charge in [-0.05, 0) is 20.8 Å². The summed E-state index contributed by atoms with van der Waals surface area (Å²) in [5.41, 5.74) is 0. The van der Waals surface area contributed by atoms with Crippen molar-refractivity contribution in [3.05, 3.63) is 0 Å². The van der Waals surface area contributed by atoms with Crippen molar-refractivity contribution in [2.75, 3.05) is 33.7 Å². The zero-order chi connectivity index (χ0) is 24.7. The lowest BCUT2D eigenvalue weighted by atomic mass is 9.86. The van der Waals surface area contributed by atoms with E-state index in [1.807, 2.05) is 6.92 Å². The quantitative estimate of drug-likeness (QED) is 0.183. The second kappa shape index (κ2) is 16.8. The molecule has 0 aromatic rings. The third-order valence-electron chi connectivity index (χ3n) is 4.93. The van der Waals surface area contributed by atoms with Crippen molar-refractivity contribution in [3.8, 4) is 0 Å². The first-order valence-electron chi connectivity index (χ1n) is 10.9. The van der Waals surface area contributed by atoms with Gasteiger partial charge in [-0.3, -0.25) is 14.4 Å². The molecular weight excluding hydrogens is 424 g/mol. The third-order valence-corrected chi connectivity index (χ3v) is 4.93. The van der Waals surface area contributed by atoms with Crippen LogP contribution in [0.4, 0.5) is 0 Å². The number of hydrogen-bond acceptors (Lipinski definition) is 9. The van der Waals surface area contributed by atoms with Gasteiger partial charge < -0.3 is 33.5 Å². The Balaban J connectivity index is 5.58. The van der Waals surface area contributed by atoms with Crippen LogP contribution >= 0.6 is 0 Å². The van der Waals surface area contributed by atoms with Crippen molar-refractivity contribution in [2.24, 2.45) is 11.8 Å². The largest absolute Gasteiger partial charge is 0.481 e. The summed E-state index contributed by atoms with van der Waals surface area (Å²) < 4.78 is 32.6. The average Bonchev–Trinajstić information content (AvgIpc) is 2.69. The zero-order valence-corrected chi connectivity index (χ0v) is 20.3. The van der Waals surface area contributed by atoms with E-state index < -0.39 is 54.2 Å². The average molecular weight is 465 g/mol. The molecule has 0 aliphatic heterocycles. The summed E-state index contributed by atoms with van der Waals surface area (Å²) >= 11 is 0. The Morgan fingerprint density at radius 1 is 0.906 bits per heavy atom. The molecule has 0 unspecified atom stereocenters. The van der Waals surface area contributed by atoms with E-state index in [1.54, 1.807) is 13.8 Å². The molecule has 10 heteroatoms. The van der Waals surface area contributed by atoms with Crippen molar-refractivity contribution in [2.45, 2.75) is 78.8 Å². The molecule has 0 rings (SSSR count). The second-order valence-corrected chi connectivity index (χ2v) is 7.75. The minimum Gasteiger partial charge on any atom is -0.481 e. The number of rotatable bonds is 18. The molecule has 188 valence electrons. The van der Waals surface area contributed by atoms with Gasteiger partial charge >= 0.3 is 17.9 Å². The summed E-state index contributed by atoms with van der Waals surface area (Å²) in [6, 6.07) is 0. The van der Waals surface area contributed by atoms with E-state index in [9.17, 15) is 19.5 Å². The summed E-state index contributed by atoms with van der Waals surface area (Å²) in [6.07, 6.45) is -1.69. The Bertz CT molecular complexity index is 553. The maximum absolute atomic E-state index is 11.8. The van der Waals surface area contributed by atoms with Gasteiger partial charge in [0, 0.05) is 46.3 Å². The van der Waals surface area contributed by atoms with Crippen molar-refractivity contribution >= 4 is 17.9 Å². The van der Waals surface area contributed by atoms with E-state index in [0.29, 0.717) is 26.2 Å². The van der Waals surface area contributed by atoms with Crippen LogP contribution < -0.4 is 0 Å². The van der Waals surface area contributed by atoms with Gasteiger partial charge in [0.25, 0.3) is 0 Å². The van der Waals surface area contributed by atoms with Crippen molar-refractivity contribution < 1.29 is 47.9 Å². The van der Waals surface area contributed by atoms with Crippen LogP contribution in [0.3, 0.4) is 0 Å². The maximum atomic E-state index is 11.8. The summed E-state index contributed by atoms with van der Waals surface area (Å²) in [5, 5.41) is 9.50. The van der Waals surface area contributed by atoms with Gasteiger partial charge in [0.15, 0.2) is 0 Å². The van der Waals surface area contributed by atoms with E-state index in [1.165, 1.54) is 27.9 Å². The summed E-state index contributed by atoms with van der Waals surface area (Å²) in [7, 11) is 1.44. The smallest absolute Gasteiger partial charge is 0.308 e. The fourth-order valence-corrected chi connectivity index (χ4v) is 3.44. The van der Waals surface area contributed by atoms with E-state index in [0.717, 1.165) is 0 Å². The predicted molar refractivity (Wildman–Crippen MR) is 115 cm³/mol. The minimum atomic E-state index is -1.03. The first-order chi connectivity index (χ1) is 15.0. The Labute approximate surface area is 190 Å². The number of carboxylic acid groups (broad SMARTS) is 1. The van der Waals surface area contributed by atoms with Crippen LogP contribution in [0.1, 0.15) is 54.4 Å². The molecule has 0 fully saturated rings. The maximum Gasteiger partial charge on any atom is 0.308 e. The lowest BCUT2D eigenvalue weighted by Gasteiger charge is -2.34. The van der Waals surface area contributed by atoms with E-state index in [2.05, 4.69) is 0 Å². The van der Waals surface area contributed by atoms with Gasteiger partial charge in [-0.25, -0.2) is 0 Å². The molecule has 10 nitrogen and oxygen atoms in total. The standard InChI is InChI=1S/C22H40O10/c1-8-28-9-10-29-19(11-14(2)31-17(5)23)12-20(32-18(6)24)15(3)21(30-13-27-7)16(4)22(25)26/h14-16,19-21H,8-13H2,1-7H3,(H,25,26)/t14-,15+,16+,19+,20+,21+/m1/s1. The fraction of sp³-hybridized carbons (Fsp3) is 0.864. The van der Waals surface area contributed by atoms with Crippen LogP contribution in [0.2, 0.25) is 0 Å². The third kappa shape index (κ3) is 12.9. The molecule has 0 saturated heterocycles. The Morgan fingerprint density at radius 2 is 1.53 bits per heavy atom. The molecule has 0 saturated carbocycles. The summed E-state index contributed by atoms with van der Waals surface area (Å²) in [5.74, 6) is -3.29. The number of hydrogen-bond donors (Lipinski definition) is 1. The normalized spacial score (nSPS) is 17.0. The first kappa shape index (κ1) is 30.2. The van der Waals surface area contributed by atoms with Crippen LogP contribution in [-0.4, -0.2) is 81.2 Å². The predicted octanol–water partition coefficient (Wildman–Crippen LogP) is 2.42. The van der Waals surface area contributed by atoms with Crippen molar-refractivity contribution in [1.82, 2.24) is 0 Å². The number of carboxylic acids is 1. The molecule has 1 N–H and O–H groups in total. The second-order valence-electron chi connectivity index (χ2n) is 7.75. The first-order valence-corrected chi connectivity index (χ1v) is 10.9. The lowest BCUT2D eigenvalue weighted by molar-refractivity contribution is -0.171. The summed E-state index contributed by atoms with van der Waals surface area (Å²) in [6.45, 7) is 10.7. The molecular formula is C22H40O10. The lowest BCUT2D eigenvalue weighted by Crippen LogP contribution is -2.43. The van der Waals surface area contributed by atoms with E-state index in [4.69, 9.17) is 28.4 Å². The number of carbonyl (C=O) groups excluding carboxylic acids is 2. The van der Waals surface area contributed by atoms with E-state index in [-0.39, 0.29) is 13.2 Å². The number of methoxy groups -OCH3 is 1. The number of esters is 2. The van der Waals surface area contributed by atoms with Gasteiger partial charge in [-0.1, -0.05) is 6.92 Å². The number of carbonyl (C=O) groups is 3. The summed E-state index contributed by atoms with van der Waals surface area (Å²) in [4.78, 5) is 34.7. The highest BCUT2D eigenvalue weighted by molar-refractivity contribution is 5.70. The highest BCUT2D eigenvalue weighted by atomic mass is 16.7. The fourth-order valence-electron chi connectivity index (χ4n) is 3.44. The van der Waals surface area contributed by atoms with Gasteiger partial charge in [-0.15, -0.1) is 0 Å². The molecule has 0 aliphatic carbocycles. The molecule has 0 aliphatic rings. The number of aliphatic carboxylic acids is 1. The topological polar surface area (TPSA) is 127 Å². The Morgan fingerprint density at radius 3 is 2.03 bits per heavy atom. The molecule has 0 aromatic heterocycles. The van der Waals surface area contributed by atoms with Gasteiger partial charge in [0.1, 0.15) is 19.0 Å². The van der Waals surface area contributed by atoms with Gasteiger partial charge in [0.05, 0.1) is 31.3 Å². The highest BCUT2D eigenvalue weighted by Crippen LogP contribution is 2.27. The van der Waals surface area contributed by atoms with Crippen LogP contribution in [0, 0.1) is 11.8 Å². The molecule has 0 radical (unpaired) electrons. The number of ether oxygens (including phenoxy) is 6. The van der Waals surface area contributed by atoms with Crippen LogP contribution in [0.25, 0.3) is 0 Å². The van der Waals surface area contributed by atoms with Gasteiger partial charge in [0.2, 0.25) is 0 Å². The molecule has 0 amide bonds. The van der Waals surface area contributed by atoms with Crippen LogP contribution in [0.5, 0.6) is 0 Å². The van der Waals surface area contributed by atoms with E-state index >= 15 is 0 Å². The van der Waals surface area contributed by atoms with Crippen LogP contribution in [-0.2, 0) is 42.8 Å². The molecule has 32 heavy (non-hydrogen) atoms. The minimum absolute atomic E-state index is 0.100. The highest BCUT2D eigenvalue weighted by Gasteiger charge is 2.37. The van der Waals surface area contributed by atoms with Crippen LogP contribution in [0.15, 0.2) is 0 Å². The Hall–Kier alpha value is -1.75. The molecule has 6 atom stereocenters. The molecule has 0 bridgehead atoms.